The zero-order valence-electron chi connectivity index (χ0n) is 5.43. The molecule has 0 aliphatic rings. The first-order valence-electron chi connectivity index (χ1n) is 2.31. The zero-order chi connectivity index (χ0) is 5.15. The summed E-state index contributed by atoms with van der Waals surface area (Å²) in [5, 5.41) is 0. The molecule has 0 saturated heterocycles. The van der Waals surface area contributed by atoms with Gasteiger partial charge in [-0.25, -0.2) is 0 Å². The van der Waals surface area contributed by atoms with Gasteiger partial charge in [0.25, 0.3) is 0 Å². The van der Waals surface area contributed by atoms with Gasteiger partial charge in [0, 0.05) is 6.04 Å². The lowest BCUT2D eigenvalue weighted by molar-refractivity contribution is 0.335. The minimum absolute atomic E-state index is 0. The summed E-state index contributed by atoms with van der Waals surface area (Å²) in [6, 6.07) is 0.685. The molecule has 7 heavy (non-hydrogen) atoms. The van der Waals surface area contributed by atoms with Crippen molar-refractivity contribution in [3.63, 3.8) is 0 Å². The first kappa shape index (κ1) is 10.00. The molecule has 0 N–H and O–H groups in total. The van der Waals surface area contributed by atoms with Gasteiger partial charge >= 0.3 is 0 Å². The molecule has 0 aromatic carbocycles. The van der Waals surface area contributed by atoms with Crippen LogP contribution in [0.3, 0.4) is 0 Å². The Kier molecular flexibility index (Phi) is 5.80. The SMILES string of the molecule is CC(C)N(C)C.F. The Labute approximate surface area is 44.7 Å². The molecule has 0 fully saturated rings. The second-order valence-electron chi connectivity index (χ2n) is 2.06. The van der Waals surface area contributed by atoms with Crippen LogP contribution in [0.1, 0.15) is 13.8 Å². The molecule has 0 radical (unpaired) electrons. The molecule has 0 unspecified atom stereocenters. The molecular weight excluding hydrogens is 93.1 g/mol. The fourth-order valence-electron chi connectivity index (χ4n) is 0. The van der Waals surface area contributed by atoms with Crippen LogP contribution in [0, 0.1) is 0 Å². The minimum atomic E-state index is 0. The molecule has 0 aromatic rings. The van der Waals surface area contributed by atoms with Gasteiger partial charge in [-0.2, -0.15) is 0 Å². The van der Waals surface area contributed by atoms with Gasteiger partial charge in [-0.15, -0.1) is 0 Å². The van der Waals surface area contributed by atoms with Crippen molar-refractivity contribution >= 4 is 0 Å². The van der Waals surface area contributed by atoms with E-state index in [1.807, 2.05) is 0 Å². The van der Waals surface area contributed by atoms with Crippen molar-refractivity contribution in [3.8, 4) is 0 Å². The van der Waals surface area contributed by atoms with E-state index in [1.54, 1.807) is 0 Å². The molecule has 0 atom stereocenters. The number of rotatable bonds is 1. The molecular formula is C5H14FN. The molecule has 0 aromatic heterocycles. The first-order valence-corrected chi connectivity index (χ1v) is 2.31. The summed E-state index contributed by atoms with van der Waals surface area (Å²) in [7, 11) is 4.15. The van der Waals surface area contributed by atoms with Crippen LogP contribution in [0.4, 0.5) is 4.70 Å². The van der Waals surface area contributed by atoms with Crippen molar-refractivity contribution < 1.29 is 4.70 Å². The largest absolute Gasteiger partial charge is 0.307 e. The molecule has 0 bridgehead atoms. The van der Waals surface area contributed by atoms with Crippen LogP contribution in [-0.2, 0) is 0 Å². The van der Waals surface area contributed by atoms with Crippen molar-refractivity contribution in [1.29, 1.82) is 0 Å². The molecule has 0 aliphatic carbocycles. The summed E-state index contributed by atoms with van der Waals surface area (Å²) in [6.45, 7) is 4.33. The molecule has 0 amide bonds. The van der Waals surface area contributed by atoms with Crippen LogP contribution < -0.4 is 0 Å². The van der Waals surface area contributed by atoms with Crippen molar-refractivity contribution in [2.24, 2.45) is 0 Å². The third-order valence-corrected chi connectivity index (χ3v) is 1.03. The highest BCUT2D eigenvalue weighted by Gasteiger charge is 1.90. The molecule has 0 aliphatic heterocycles. The maximum Gasteiger partial charge on any atom is 0.00324 e. The summed E-state index contributed by atoms with van der Waals surface area (Å²) < 4.78 is 0. The zero-order valence-corrected chi connectivity index (χ0v) is 5.43. The van der Waals surface area contributed by atoms with Gasteiger partial charge in [0.1, 0.15) is 0 Å². The summed E-state index contributed by atoms with van der Waals surface area (Å²) >= 11 is 0. The van der Waals surface area contributed by atoms with Gasteiger partial charge in [0.2, 0.25) is 0 Å². The Bertz CT molecular complexity index is 29.1. The molecule has 0 saturated carbocycles. The average Bonchev–Trinajstić information content (AvgIpc) is 1.36. The third-order valence-electron chi connectivity index (χ3n) is 1.03. The van der Waals surface area contributed by atoms with Gasteiger partial charge in [-0.3, -0.25) is 4.70 Å². The molecule has 1 nitrogen and oxygen atoms in total. The lowest BCUT2D eigenvalue weighted by atomic mass is 10.4. The van der Waals surface area contributed by atoms with Crippen LogP contribution >= 0.6 is 0 Å². The fraction of sp³-hybridized carbons (Fsp3) is 1.00. The predicted molar refractivity (Wildman–Crippen MR) is 31.3 cm³/mol. The Morgan fingerprint density at radius 1 is 1.14 bits per heavy atom. The van der Waals surface area contributed by atoms with Crippen LogP contribution in [0.2, 0.25) is 0 Å². The van der Waals surface area contributed by atoms with Crippen LogP contribution in [-0.4, -0.2) is 25.0 Å². The predicted octanol–water partition coefficient (Wildman–Crippen LogP) is 1.11. The average molecular weight is 107 g/mol. The number of hydrogen-bond acceptors (Lipinski definition) is 1. The van der Waals surface area contributed by atoms with Gasteiger partial charge in [0.15, 0.2) is 0 Å². The van der Waals surface area contributed by atoms with E-state index >= 15 is 0 Å². The molecule has 0 spiro atoms. The van der Waals surface area contributed by atoms with Gasteiger partial charge < -0.3 is 4.90 Å². The van der Waals surface area contributed by atoms with Crippen molar-refractivity contribution in [1.82, 2.24) is 4.90 Å². The van der Waals surface area contributed by atoms with E-state index in [1.165, 1.54) is 0 Å². The molecule has 2 heteroatoms. The number of hydrogen-bond donors (Lipinski definition) is 0. The van der Waals surface area contributed by atoms with Crippen LogP contribution in [0.15, 0.2) is 0 Å². The summed E-state index contributed by atoms with van der Waals surface area (Å²) in [4.78, 5) is 2.17. The lowest BCUT2D eigenvalue weighted by Crippen LogP contribution is -2.20. The standard InChI is InChI=1S/C5H13N.FH/c1-5(2)6(3)4;/h5H,1-4H3;1H. The normalized spacial score (nSPS) is 9.43. The van der Waals surface area contributed by atoms with Gasteiger partial charge in [0.05, 0.1) is 0 Å². The van der Waals surface area contributed by atoms with Crippen molar-refractivity contribution in [2.45, 2.75) is 19.9 Å². The second kappa shape index (κ2) is 4.06. The topological polar surface area (TPSA) is 3.24 Å². The van der Waals surface area contributed by atoms with E-state index in [2.05, 4.69) is 32.8 Å². The highest BCUT2D eigenvalue weighted by molar-refractivity contribution is 4.46. The number of nitrogens with zero attached hydrogens (tertiary/aromatic N) is 1. The Balaban J connectivity index is 0. The van der Waals surface area contributed by atoms with Crippen LogP contribution in [0.5, 0.6) is 0 Å². The highest BCUT2D eigenvalue weighted by atomic mass is 19.0. The Hall–Kier alpha value is -0.110. The van der Waals surface area contributed by atoms with E-state index in [0.29, 0.717) is 6.04 Å². The Morgan fingerprint density at radius 3 is 1.29 bits per heavy atom. The summed E-state index contributed by atoms with van der Waals surface area (Å²) in [6.07, 6.45) is 0. The van der Waals surface area contributed by atoms with Gasteiger partial charge in [-0.05, 0) is 27.9 Å². The van der Waals surface area contributed by atoms with Gasteiger partial charge in [-0.1, -0.05) is 0 Å². The van der Waals surface area contributed by atoms with Crippen molar-refractivity contribution in [3.05, 3.63) is 0 Å². The Morgan fingerprint density at radius 2 is 1.29 bits per heavy atom. The fourth-order valence-corrected chi connectivity index (χ4v) is 0. The van der Waals surface area contributed by atoms with Crippen molar-refractivity contribution in [2.75, 3.05) is 14.1 Å². The monoisotopic (exact) mass is 107 g/mol. The maximum atomic E-state index is 2.17. The highest BCUT2D eigenvalue weighted by Crippen LogP contribution is 1.84. The third kappa shape index (κ3) is 5.89. The summed E-state index contributed by atoms with van der Waals surface area (Å²) in [5.41, 5.74) is 0. The lowest BCUT2D eigenvalue weighted by Gasteiger charge is -2.12. The molecule has 0 heterocycles. The van der Waals surface area contributed by atoms with E-state index in [9.17, 15) is 0 Å². The number of halogens is 1. The van der Waals surface area contributed by atoms with E-state index < -0.39 is 0 Å². The van der Waals surface area contributed by atoms with E-state index in [-0.39, 0.29) is 4.70 Å². The smallest absolute Gasteiger partial charge is 0.00324 e. The molecule has 46 valence electrons. The summed E-state index contributed by atoms with van der Waals surface area (Å²) in [5.74, 6) is 0. The van der Waals surface area contributed by atoms with Crippen LogP contribution in [0.25, 0.3) is 0 Å². The second-order valence-corrected chi connectivity index (χ2v) is 2.06. The molecule has 0 rings (SSSR count). The quantitative estimate of drug-likeness (QED) is 0.485. The minimum Gasteiger partial charge on any atom is -0.307 e. The van der Waals surface area contributed by atoms with E-state index in [0.717, 1.165) is 0 Å². The first-order chi connectivity index (χ1) is 2.64. The maximum absolute atomic E-state index is 2.17. The van der Waals surface area contributed by atoms with E-state index in [4.69, 9.17) is 0 Å².